The minimum absolute atomic E-state index is 0.129. The first kappa shape index (κ1) is 18.8. The summed E-state index contributed by atoms with van der Waals surface area (Å²) in [5, 5.41) is 1.05. The number of para-hydroxylation sites is 2. The van der Waals surface area contributed by atoms with Gasteiger partial charge in [-0.05, 0) is 55.5 Å². The standard InChI is InChI=1S/C26H18N2O3/c1-17-11-13-23-21(15-17)25(29)18(16-31-23)12-14-24-27-22-10-6-5-9-20(22)26(30)28(24)19-7-3-2-4-8-19/h2-16H,1H3. The second-order valence-corrected chi connectivity index (χ2v) is 7.32. The predicted molar refractivity (Wildman–Crippen MR) is 123 cm³/mol. The number of nitrogens with zero attached hydrogens (tertiary/aromatic N) is 2. The van der Waals surface area contributed by atoms with Crippen LogP contribution in [0.2, 0.25) is 0 Å². The average Bonchev–Trinajstić information content (AvgIpc) is 2.80. The van der Waals surface area contributed by atoms with Crippen molar-refractivity contribution in [3.05, 3.63) is 117 Å². The number of aryl methyl sites for hydroxylation is 1. The van der Waals surface area contributed by atoms with E-state index in [1.807, 2.05) is 61.5 Å². The molecule has 0 spiro atoms. The predicted octanol–water partition coefficient (Wildman–Crippen LogP) is 4.97. The lowest BCUT2D eigenvalue weighted by molar-refractivity contribution is 0.601. The minimum Gasteiger partial charge on any atom is -0.463 e. The number of aromatic nitrogens is 2. The SMILES string of the molecule is Cc1ccc2occ(C=Cc3nc4ccccc4c(=O)n3-c3ccccc3)c(=O)c2c1. The summed E-state index contributed by atoms with van der Waals surface area (Å²) >= 11 is 0. The summed E-state index contributed by atoms with van der Waals surface area (Å²) in [6.45, 7) is 1.93. The van der Waals surface area contributed by atoms with Gasteiger partial charge >= 0.3 is 0 Å². The Kier molecular flexibility index (Phi) is 4.56. The number of hydrogen-bond donors (Lipinski definition) is 0. The van der Waals surface area contributed by atoms with Crippen molar-refractivity contribution in [2.45, 2.75) is 6.92 Å². The molecule has 0 N–H and O–H groups in total. The zero-order valence-electron chi connectivity index (χ0n) is 16.8. The highest BCUT2D eigenvalue weighted by Crippen LogP contribution is 2.17. The topological polar surface area (TPSA) is 65.1 Å². The van der Waals surface area contributed by atoms with Gasteiger partial charge in [0.2, 0.25) is 0 Å². The summed E-state index contributed by atoms with van der Waals surface area (Å²) in [4.78, 5) is 30.9. The number of fused-ring (bicyclic) bond motifs is 2. The molecule has 0 aliphatic carbocycles. The summed E-state index contributed by atoms with van der Waals surface area (Å²) in [5.41, 5.74) is 2.91. The number of benzene rings is 3. The third kappa shape index (κ3) is 3.36. The smallest absolute Gasteiger partial charge is 0.266 e. The number of hydrogen-bond acceptors (Lipinski definition) is 4. The van der Waals surface area contributed by atoms with E-state index in [4.69, 9.17) is 4.42 Å². The Morgan fingerprint density at radius 2 is 1.65 bits per heavy atom. The second kappa shape index (κ2) is 7.54. The second-order valence-electron chi connectivity index (χ2n) is 7.32. The average molecular weight is 406 g/mol. The van der Waals surface area contributed by atoms with Crippen LogP contribution >= 0.6 is 0 Å². The molecule has 2 heterocycles. The van der Waals surface area contributed by atoms with Crippen LogP contribution in [0.4, 0.5) is 0 Å². The van der Waals surface area contributed by atoms with E-state index in [0.29, 0.717) is 38.9 Å². The van der Waals surface area contributed by atoms with Crippen molar-refractivity contribution in [3.63, 3.8) is 0 Å². The summed E-state index contributed by atoms with van der Waals surface area (Å²) < 4.78 is 7.18. The van der Waals surface area contributed by atoms with Crippen LogP contribution in [0.1, 0.15) is 17.0 Å². The summed E-state index contributed by atoms with van der Waals surface area (Å²) in [6.07, 6.45) is 4.75. The van der Waals surface area contributed by atoms with Crippen molar-refractivity contribution in [2.75, 3.05) is 0 Å². The highest BCUT2D eigenvalue weighted by molar-refractivity contribution is 5.82. The number of rotatable bonds is 3. The Labute approximate surface area is 177 Å². The molecule has 0 saturated heterocycles. The van der Waals surface area contributed by atoms with Crippen LogP contribution in [0.5, 0.6) is 0 Å². The first-order valence-corrected chi connectivity index (χ1v) is 9.89. The van der Waals surface area contributed by atoms with Gasteiger partial charge < -0.3 is 4.42 Å². The molecule has 0 fully saturated rings. The monoisotopic (exact) mass is 406 g/mol. The van der Waals surface area contributed by atoms with Gasteiger partial charge in [-0.1, -0.05) is 42.0 Å². The third-order valence-corrected chi connectivity index (χ3v) is 5.18. The molecule has 0 saturated carbocycles. The quantitative estimate of drug-likeness (QED) is 0.424. The Morgan fingerprint density at radius 1 is 0.871 bits per heavy atom. The maximum Gasteiger partial charge on any atom is 0.266 e. The van der Waals surface area contributed by atoms with Gasteiger partial charge in [0.25, 0.3) is 5.56 Å². The van der Waals surface area contributed by atoms with Crippen LogP contribution < -0.4 is 11.0 Å². The van der Waals surface area contributed by atoms with Crippen molar-refractivity contribution >= 4 is 34.0 Å². The molecule has 0 unspecified atom stereocenters. The van der Waals surface area contributed by atoms with Gasteiger partial charge in [0.05, 0.1) is 27.5 Å². The van der Waals surface area contributed by atoms with Gasteiger partial charge in [0.1, 0.15) is 17.7 Å². The van der Waals surface area contributed by atoms with Crippen molar-refractivity contribution in [1.82, 2.24) is 9.55 Å². The van der Waals surface area contributed by atoms with E-state index in [2.05, 4.69) is 4.98 Å². The van der Waals surface area contributed by atoms with E-state index >= 15 is 0 Å². The van der Waals surface area contributed by atoms with E-state index in [1.165, 1.54) is 6.26 Å². The molecule has 31 heavy (non-hydrogen) atoms. The van der Waals surface area contributed by atoms with Crippen LogP contribution in [0.3, 0.4) is 0 Å². The molecule has 150 valence electrons. The van der Waals surface area contributed by atoms with Crippen molar-refractivity contribution in [1.29, 1.82) is 0 Å². The van der Waals surface area contributed by atoms with Crippen molar-refractivity contribution < 1.29 is 4.42 Å². The van der Waals surface area contributed by atoms with Crippen LogP contribution in [0.15, 0.2) is 93.1 Å². The van der Waals surface area contributed by atoms with Gasteiger partial charge in [-0.3, -0.25) is 14.2 Å². The molecule has 5 nitrogen and oxygen atoms in total. The lowest BCUT2D eigenvalue weighted by Gasteiger charge is -2.11. The fraction of sp³-hybridized carbons (Fsp3) is 0.0385. The van der Waals surface area contributed by atoms with Gasteiger partial charge in [-0.25, -0.2) is 4.98 Å². The molecular weight excluding hydrogens is 388 g/mol. The van der Waals surface area contributed by atoms with E-state index < -0.39 is 0 Å². The highest BCUT2D eigenvalue weighted by atomic mass is 16.3. The Balaban J connectivity index is 1.71. The fourth-order valence-corrected chi connectivity index (χ4v) is 3.63. The minimum atomic E-state index is -0.169. The molecule has 0 bridgehead atoms. The van der Waals surface area contributed by atoms with Gasteiger partial charge in [0, 0.05) is 0 Å². The molecule has 5 rings (SSSR count). The molecule has 0 atom stereocenters. The molecule has 0 amide bonds. The Hall–Kier alpha value is -4.25. The molecule has 3 aromatic carbocycles. The van der Waals surface area contributed by atoms with Crippen molar-refractivity contribution in [2.24, 2.45) is 0 Å². The van der Waals surface area contributed by atoms with Gasteiger partial charge in [0.15, 0.2) is 5.43 Å². The molecule has 0 aliphatic rings. The molecule has 5 aromatic rings. The molecule has 0 aliphatic heterocycles. The van der Waals surface area contributed by atoms with Crippen molar-refractivity contribution in [3.8, 4) is 5.69 Å². The Morgan fingerprint density at radius 3 is 2.48 bits per heavy atom. The first-order chi connectivity index (χ1) is 15.1. The van der Waals surface area contributed by atoms with Crippen LogP contribution in [0.25, 0.3) is 39.7 Å². The van der Waals surface area contributed by atoms with Gasteiger partial charge in [-0.2, -0.15) is 0 Å². The summed E-state index contributed by atoms with van der Waals surface area (Å²) in [5.74, 6) is 0.429. The van der Waals surface area contributed by atoms with E-state index in [0.717, 1.165) is 5.56 Å². The highest BCUT2D eigenvalue weighted by Gasteiger charge is 2.11. The van der Waals surface area contributed by atoms with E-state index in [1.54, 1.807) is 34.9 Å². The molecule has 2 aromatic heterocycles. The largest absolute Gasteiger partial charge is 0.463 e. The normalized spacial score (nSPS) is 11.5. The first-order valence-electron chi connectivity index (χ1n) is 9.89. The van der Waals surface area contributed by atoms with E-state index in [-0.39, 0.29) is 11.0 Å². The molecular formula is C26H18N2O3. The zero-order chi connectivity index (χ0) is 21.4. The Bertz CT molecular complexity index is 1580. The lowest BCUT2D eigenvalue weighted by atomic mass is 10.1. The summed E-state index contributed by atoms with van der Waals surface area (Å²) in [6, 6.07) is 22.0. The van der Waals surface area contributed by atoms with Crippen LogP contribution in [-0.4, -0.2) is 9.55 Å². The van der Waals surface area contributed by atoms with Gasteiger partial charge in [-0.15, -0.1) is 0 Å². The summed E-state index contributed by atoms with van der Waals surface area (Å²) in [7, 11) is 0. The molecule has 5 heteroatoms. The van der Waals surface area contributed by atoms with Crippen LogP contribution in [-0.2, 0) is 0 Å². The maximum absolute atomic E-state index is 13.2. The zero-order valence-corrected chi connectivity index (χ0v) is 16.8. The third-order valence-electron chi connectivity index (χ3n) is 5.18. The fourth-order valence-electron chi connectivity index (χ4n) is 3.63. The van der Waals surface area contributed by atoms with Crippen LogP contribution in [0, 0.1) is 6.92 Å². The maximum atomic E-state index is 13.2. The van der Waals surface area contributed by atoms with E-state index in [9.17, 15) is 9.59 Å². The lowest BCUT2D eigenvalue weighted by Crippen LogP contribution is -2.22. The molecule has 0 radical (unpaired) electrons.